The molecule has 0 aliphatic rings. The number of hydrogen-bond acceptors (Lipinski definition) is 2. The van der Waals surface area contributed by atoms with Crippen molar-refractivity contribution in [3.05, 3.63) is 33.7 Å². The van der Waals surface area contributed by atoms with Crippen LogP contribution >= 0.6 is 0 Å². The molecule has 1 unspecified atom stereocenters. The van der Waals surface area contributed by atoms with Crippen LogP contribution in [-0.4, -0.2) is 11.1 Å². The van der Waals surface area contributed by atoms with Crippen molar-refractivity contribution in [3.8, 4) is 0 Å². The van der Waals surface area contributed by atoms with Gasteiger partial charge in [0.2, 0.25) is 0 Å². The Morgan fingerprint density at radius 1 is 1.22 bits per heavy atom. The highest BCUT2D eigenvalue weighted by atomic mass is 16.1. The van der Waals surface area contributed by atoms with E-state index in [9.17, 15) is 4.79 Å². The van der Waals surface area contributed by atoms with Crippen molar-refractivity contribution in [2.75, 3.05) is 6.54 Å². The summed E-state index contributed by atoms with van der Waals surface area (Å²) in [6.45, 7) is 12.1. The van der Waals surface area contributed by atoms with E-state index in [1.54, 1.807) is 0 Å². The number of aromatic nitrogens is 1. The molecule has 1 rings (SSSR count). The summed E-state index contributed by atoms with van der Waals surface area (Å²) in [5.74, 6) is 0.375. The molecule has 0 saturated carbocycles. The van der Waals surface area contributed by atoms with E-state index in [1.165, 1.54) is 0 Å². The highest BCUT2D eigenvalue weighted by Crippen LogP contribution is 2.18. The van der Waals surface area contributed by atoms with Gasteiger partial charge in [-0.2, -0.15) is 0 Å². The first-order chi connectivity index (χ1) is 8.52. The van der Waals surface area contributed by atoms with E-state index in [1.807, 2.05) is 10.6 Å². The van der Waals surface area contributed by atoms with E-state index in [0.29, 0.717) is 12.5 Å². The summed E-state index contributed by atoms with van der Waals surface area (Å²) in [7, 11) is 0. The third kappa shape index (κ3) is 3.22. The Balaban J connectivity index is 3.26. The lowest BCUT2D eigenvalue weighted by molar-refractivity contribution is 0.479. The van der Waals surface area contributed by atoms with Gasteiger partial charge in [-0.3, -0.25) is 4.79 Å². The zero-order valence-electron chi connectivity index (χ0n) is 12.3. The van der Waals surface area contributed by atoms with Crippen molar-refractivity contribution in [1.29, 1.82) is 0 Å². The minimum absolute atomic E-state index is 0.163. The van der Waals surface area contributed by atoms with Gasteiger partial charge < -0.3 is 9.88 Å². The summed E-state index contributed by atoms with van der Waals surface area (Å²) < 4.78 is 1.97. The van der Waals surface area contributed by atoms with Crippen molar-refractivity contribution in [3.63, 3.8) is 0 Å². The van der Waals surface area contributed by atoms with Crippen LogP contribution in [0.3, 0.4) is 0 Å². The molecule has 0 amide bonds. The van der Waals surface area contributed by atoms with E-state index >= 15 is 0 Å². The summed E-state index contributed by atoms with van der Waals surface area (Å²) in [6, 6.07) is 4.33. The summed E-state index contributed by atoms with van der Waals surface area (Å²) in [4.78, 5) is 12.5. The number of hydrogen-bond donors (Lipinski definition) is 1. The normalized spacial score (nSPS) is 13.0. The Hall–Kier alpha value is -1.09. The van der Waals surface area contributed by atoms with Gasteiger partial charge in [-0.05, 0) is 31.9 Å². The molecule has 1 aromatic rings. The molecule has 1 heterocycles. The molecule has 3 nitrogen and oxygen atoms in total. The lowest BCUT2D eigenvalue weighted by atomic mass is 10.1. The van der Waals surface area contributed by atoms with Gasteiger partial charge in [-0.25, -0.2) is 0 Å². The second-order valence-electron chi connectivity index (χ2n) is 5.15. The highest BCUT2D eigenvalue weighted by molar-refractivity contribution is 5.19. The molecular formula is C15H26N2O. The predicted molar refractivity (Wildman–Crippen MR) is 77.2 cm³/mol. The van der Waals surface area contributed by atoms with Crippen molar-refractivity contribution in [2.24, 2.45) is 0 Å². The Morgan fingerprint density at radius 2 is 1.89 bits per heavy atom. The second kappa shape index (κ2) is 6.74. The lowest BCUT2D eigenvalue weighted by Crippen LogP contribution is -2.31. The van der Waals surface area contributed by atoms with Gasteiger partial charge in [-0.1, -0.05) is 33.8 Å². The Kier molecular flexibility index (Phi) is 5.60. The summed E-state index contributed by atoms with van der Waals surface area (Å²) in [5, 5.41) is 3.22. The van der Waals surface area contributed by atoms with E-state index < -0.39 is 0 Å². The zero-order valence-corrected chi connectivity index (χ0v) is 12.3. The van der Waals surface area contributed by atoms with Crippen molar-refractivity contribution < 1.29 is 0 Å². The van der Waals surface area contributed by atoms with Gasteiger partial charge in [0, 0.05) is 23.8 Å². The van der Waals surface area contributed by atoms with Crippen LogP contribution in [0.1, 0.15) is 64.3 Å². The van der Waals surface area contributed by atoms with Crippen LogP contribution in [0.25, 0.3) is 0 Å². The molecule has 1 N–H and O–H groups in total. The quantitative estimate of drug-likeness (QED) is 0.842. The second-order valence-corrected chi connectivity index (χ2v) is 5.15. The standard InChI is InChI=1S/C15H26N2O/c1-6-12(5)17-14(11(3)4)9-8-13(15(17)18)10-16-7-2/h8-9,11-12,16H,6-7,10H2,1-5H3. The van der Waals surface area contributed by atoms with Crippen LogP contribution in [0.4, 0.5) is 0 Å². The minimum Gasteiger partial charge on any atom is -0.313 e. The maximum atomic E-state index is 12.5. The molecular weight excluding hydrogens is 224 g/mol. The predicted octanol–water partition coefficient (Wildman–Crippen LogP) is 3.05. The topological polar surface area (TPSA) is 34.0 Å². The van der Waals surface area contributed by atoms with Crippen LogP contribution < -0.4 is 10.9 Å². The van der Waals surface area contributed by atoms with Gasteiger partial charge in [0.05, 0.1) is 0 Å². The molecule has 18 heavy (non-hydrogen) atoms. The summed E-state index contributed by atoms with van der Waals surface area (Å²) in [5.41, 5.74) is 2.16. The number of rotatable bonds is 6. The fourth-order valence-corrected chi connectivity index (χ4v) is 2.11. The maximum absolute atomic E-state index is 12.5. The molecule has 3 heteroatoms. The third-order valence-corrected chi connectivity index (χ3v) is 3.42. The number of nitrogens with one attached hydrogen (secondary N) is 1. The number of pyridine rings is 1. The van der Waals surface area contributed by atoms with Gasteiger partial charge in [-0.15, -0.1) is 0 Å². The Morgan fingerprint density at radius 3 is 2.39 bits per heavy atom. The van der Waals surface area contributed by atoms with Crippen LogP contribution in [0.5, 0.6) is 0 Å². The van der Waals surface area contributed by atoms with E-state index in [-0.39, 0.29) is 11.6 Å². The van der Waals surface area contributed by atoms with Crippen LogP contribution in [0.2, 0.25) is 0 Å². The Bertz CT molecular complexity index is 435. The maximum Gasteiger partial charge on any atom is 0.255 e. The van der Waals surface area contributed by atoms with E-state index in [4.69, 9.17) is 0 Å². The first kappa shape index (κ1) is 15.0. The van der Waals surface area contributed by atoms with Gasteiger partial charge in [0.15, 0.2) is 0 Å². The molecule has 0 radical (unpaired) electrons. The lowest BCUT2D eigenvalue weighted by Gasteiger charge is -2.22. The first-order valence-electron chi connectivity index (χ1n) is 6.97. The zero-order chi connectivity index (χ0) is 13.7. The molecule has 0 bridgehead atoms. The summed E-state index contributed by atoms with van der Waals surface area (Å²) in [6.07, 6.45) is 0.976. The van der Waals surface area contributed by atoms with Gasteiger partial charge in [0.25, 0.3) is 5.56 Å². The highest BCUT2D eigenvalue weighted by Gasteiger charge is 2.14. The van der Waals surface area contributed by atoms with Crippen molar-refractivity contribution in [1.82, 2.24) is 9.88 Å². The van der Waals surface area contributed by atoms with E-state index in [0.717, 1.165) is 24.2 Å². The number of nitrogens with zero attached hydrogens (tertiary/aromatic N) is 1. The van der Waals surface area contributed by atoms with Crippen LogP contribution in [0, 0.1) is 0 Å². The smallest absolute Gasteiger partial charge is 0.255 e. The fraction of sp³-hybridized carbons (Fsp3) is 0.667. The van der Waals surface area contributed by atoms with Crippen molar-refractivity contribution in [2.45, 2.75) is 59.5 Å². The molecule has 0 aliphatic carbocycles. The average Bonchev–Trinajstić information content (AvgIpc) is 2.35. The average molecular weight is 250 g/mol. The van der Waals surface area contributed by atoms with Gasteiger partial charge >= 0.3 is 0 Å². The fourth-order valence-electron chi connectivity index (χ4n) is 2.11. The van der Waals surface area contributed by atoms with Crippen LogP contribution in [-0.2, 0) is 6.54 Å². The van der Waals surface area contributed by atoms with Gasteiger partial charge in [0.1, 0.15) is 0 Å². The third-order valence-electron chi connectivity index (χ3n) is 3.42. The monoisotopic (exact) mass is 250 g/mol. The molecule has 0 aliphatic heterocycles. The molecule has 0 spiro atoms. The minimum atomic E-state index is 0.163. The largest absolute Gasteiger partial charge is 0.313 e. The molecule has 1 aromatic heterocycles. The van der Waals surface area contributed by atoms with E-state index in [2.05, 4.69) is 46.0 Å². The van der Waals surface area contributed by atoms with Crippen molar-refractivity contribution >= 4 is 0 Å². The molecule has 102 valence electrons. The summed E-state index contributed by atoms with van der Waals surface area (Å²) >= 11 is 0. The molecule has 0 saturated heterocycles. The molecule has 0 aromatic carbocycles. The SMILES string of the molecule is CCNCc1ccc(C(C)C)n(C(C)CC)c1=O. The Labute approximate surface area is 110 Å². The molecule has 0 fully saturated rings. The first-order valence-corrected chi connectivity index (χ1v) is 6.97. The van der Waals surface area contributed by atoms with Crippen LogP contribution in [0.15, 0.2) is 16.9 Å². The molecule has 1 atom stereocenters.